The summed E-state index contributed by atoms with van der Waals surface area (Å²) >= 11 is 3.26. The molecule has 3 aromatic rings. The second-order valence-corrected chi connectivity index (χ2v) is 9.61. The topological polar surface area (TPSA) is 101 Å². The SMILES string of the molecule is CCNC(=O)NCc1cc(F)ccc1COc1cc(C)n(-c2cc(C(=O)NCC(F)(F)F)ccc2C)c(=O)c1Br. The molecule has 0 fully saturated rings. The summed E-state index contributed by atoms with van der Waals surface area (Å²) in [6.45, 7) is 4.06. The Morgan fingerprint density at radius 2 is 1.73 bits per heavy atom. The summed E-state index contributed by atoms with van der Waals surface area (Å²) in [7, 11) is 0. The van der Waals surface area contributed by atoms with Crippen LogP contribution in [-0.2, 0) is 13.2 Å². The Bertz CT molecular complexity index is 1470. The number of hydrogen-bond donors (Lipinski definition) is 3. The van der Waals surface area contributed by atoms with Crippen molar-refractivity contribution in [2.45, 2.75) is 40.1 Å². The molecule has 214 valence electrons. The van der Waals surface area contributed by atoms with Crippen molar-refractivity contribution in [2.75, 3.05) is 13.1 Å². The third kappa shape index (κ3) is 7.84. The molecule has 0 radical (unpaired) electrons. The first-order valence-corrected chi connectivity index (χ1v) is 12.9. The zero-order valence-corrected chi connectivity index (χ0v) is 23.4. The van der Waals surface area contributed by atoms with E-state index in [1.54, 1.807) is 26.8 Å². The van der Waals surface area contributed by atoms with E-state index in [1.165, 1.54) is 41.0 Å². The van der Waals surface area contributed by atoms with Crippen LogP contribution in [0.5, 0.6) is 5.75 Å². The summed E-state index contributed by atoms with van der Waals surface area (Å²) in [5, 5.41) is 7.04. The molecule has 3 amide bonds. The molecule has 1 heterocycles. The number of urea groups is 1. The van der Waals surface area contributed by atoms with Crippen LogP contribution in [-0.4, -0.2) is 35.8 Å². The second kappa shape index (κ2) is 13.0. The van der Waals surface area contributed by atoms with E-state index in [1.807, 2.05) is 5.32 Å². The zero-order chi connectivity index (χ0) is 29.6. The van der Waals surface area contributed by atoms with Crippen molar-refractivity contribution in [3.8, 4) is 11.4 Å². The minimum Gasteiger partial charge on any atom is -0.487 e. The third-order valence-electron chi connectivity index (χ3n) is 5.79. The van der Waals surface area contributed by atoms with Gasteiger partial charge in [-0.3, -0.25) is 14.2 Å². The number of alkyl halides is 3. The van der Waals surface area contributed by atoms with Crippen LogP contribution in [0, 0.1) is 19.7 Å². The summed E-state index contributed by atoms with van der Waals surface area (Å²) in [5.41, 5.74) is 1.85. The number of rotatable bonds is 9. The number of amides is 3. The van der Waals surface area contributed by atoms with Crippen LogP contribution in [0.3, 0.4) is 0 Å². The van der Waals surface area contributed by atoms with Gasteiger partial charge in [-0.2, -0.15) is 13.2 Å². The maximum absolute atomic E-state index is 13.9. The van der Waals surface area contributed by atoms with Gasteiger partial charge in [-0.15, -0.1) is 0 Å². The number of aromatic nitrogens is 1. The van der Waals surface area contributed by atoms with Crippen molar-refractivity contribution >= 4 is 27.9 Å². The number of carbonyl (C=O) groups is 2. The number of nitrogens with one attached hydrogen (secondary N) is 3. The maximum atomic E-state index is 13.9. The summed E-state index contributed by atoms with van der Waals surface area (Å²) in [6, 6.07) is 9.48. The lowest BCUT2D eigenvalue weighted by atomic mass is 10.1. The van der Waals surface area contributed by atoms with E-state index in [0.29, 0.717) is 34.6 Å². The highest BCUT2D eigenvalue weighted by molar-refractivity contribution is 9.10. The predicted octanol–water partition coefficient (Wildman–Crippen LogP) is 5.05. The molecule has 0 atom stereocenters. The molecule has 3 N–H and O–H groups in total. The monoisotopic (exact) mass is 626 g/mol. The van der Waals surface area contributed by atoms with E-state index < -0.39 is 36.0 Å². The zero-order valence-electron chi connectivity index (χ0n) is 21.8. The van der Waals surface area contributed by atoms with E-state index in [9.17, 15) is 31.9 Å². The molecule has 3 rings (SSSR count). The minimum atomic E-state index is -4.56. The smallest absolute Gasteiger partial charge is 0.405 e. The van der Waals surface area contributed by atoms with Crippen molar-refractivity contribution in [3.63, 3.8) is 0 Å². The number of ether oxygens (including phenoxy) is 1. The average molecular weight is 627 g/mol. The van der Waals surface area contributed by atoms with E-state index in [-0.39, 0.29) is 28.9 Å². The van der Waals surface area contributed by atoms with Gasteiger partial charge in [0.1, 0.15) is 29.2 Å². The predicted molar refractivity (Wildman–Crippen MR) is 144 cm³/mol. The molecular formula is C27H27BrF4N4O4. The Labute approximate surface area is 235 Å². The first kappa shape index (κ1) is 30.7. The summed E-state index contributed by atoms with van der Waals surface area (Å²) in [5.74, 6) is -1.22. The van der Waals surface area contributed by atoms with Gasteiger partial charge in [-0.05, 0) is 77.7 Å². The molecule has 0 spiro atoms. The van der Waals surface area contributed by atoms with E-state index in [2.05, 4.69) is 26.6 Å². The highest BCUT2D eigenvalue weighted by Crippen LogP contribution is 2.27. The van der Waals surface area contributed by atoms with Crippen LogP contribution in [0.4, 0.5) is 22.4 Å². The van der Waals surface area contributed by atoms with Crippen LogP contribution in [0.1, 0.15) is 39.7 Å². The van der Waals surface area contributed by atoms with E-state index in [4.69, 9.17) is 4.74 Å². The summed E-state index contributed by atoms with van der Waals surface area (Å²) < 4.78 is 58.7. The molecule has 0 aliphatic carbocycles. The lowest BCUT2D eigenvalue weighted by Gasteiger charge is -2.18. The third-order valence-corrected chi connectivity index (χ3v) is 6.52. The fourth-order valence-corrected chi connectivity index (χ4v) is 4.22. The molecule has 40 heavy (non-hydrogen) atoms. The number of carbonyl (C=O) groups excluding carboxylic acids is 2. The molecule has 0 saturated heterocycles. The van der Waals surface area contributed by atoms with Crippen LogP contribution in [0.15, 0.2) is 51.7 Å². The molecule has 1 aromatic heterocycles. The number of pyridine rings is 1. The fourth-order valence-electron chi connectivity index (χ4n) is 3.81. The minimum absolute atomic E-state index is 0.0396. The number of halogens is 5. The molecule has 0 aliphatic heterocycles. The Morgan fingerprint density at radius 3 is 2.40 bits per heavy atom. The molecule has 13 heteroatoms. The molecule has 0 saturated carbocycles. The largest absolute Gasteiger partial charge is 0.487 e. The van der Waals surface area contributed by atoms with Crippen LogP contribution >= 0.6 is 15.9 Å². The molecule has 0 aliphatic rings. The number of nitrogens with zero attached hydrogens (tertiary/aromatic N) is 1. The van der Waals surface area contributed by atoms with Crippen LogP contribution < -0.4 is 26.2 Å². The quantitative estimate of drug-likeness (QED) is 0.290. The molecular weight excluding hydrogens is 600 g/mol. The van der Waals surface area contributed by atoms with Gasteiger partial charge in [0.15, 0.2) is 0 Å². The van der Waals surface area contributed by atoms with Gasteiger partial charge in [-0.25, -0.2) is 9.18 Å². The lowest BCUT2D eigenvalue weighted by molar-refractivity contribution is -0.123. The van der Waals surface area contributed by atoms with Crippen LogP contribution in [0.25, 0.3) is 5.69 Å². The van der Waals surface area contributed by atoms with Gasteiger partial charge in [-0.1, -0.05) is 12.1 Å². The molecule has 0 bridgehead atoms. The molecule has 2 aromatic carbocycles. The normalized spacial score (nSPS) is 11.2. The van der Waals surface area contributed by atoms with Crippen molar-refractivity contribution in [1.29, 1.82) is 0 Å². The Kier molecular flexibility index (Phi) is 9.96. The Balaban J connectivity index is 1.87. The van der Waals surface area contributed by atoms with Gasteiger partial charge in [0.05, 0.1) is 5.69 Å². The van der Waals surface area contributed by atoms with Gasteiger partial charge in [0.25, 0.3) is 11.5 Å². The number of benzene rings is 2. The van der Waals surface area contributed by atoms with Gasteiger partial charge in [0, 0.05) is 30.4 Å². The molecule has 8 nitrogen and oxygen atoms in total. The van der Waals surface area contributed by atoms with Gasteiger partial charge in [0.2, 0.25) is 0 Å². The van der Waals surface area contributed by atoms with Crippen molar-refractivity contribution in [2.24, 2.45) is 0 Å². The van der Waals surface area contributed by atoms with E-state index in [0.717, 1.165) is 0 Å². The van der Waals surface area contributed by atoms with Crippen LogP contribution in [0.2, 0.25) is 0 Å². The summed E-state index contributed by atoms with van der Waals surface area (Å²) in [4.78, 5) is 37.4. The highest BCUT2D eigenvalue weighted by Gasteiger charge is 2.28. The van der Waals surface area contributed by atoms with Gasteiger partial charge < -0.3 is 20.7 Å². The first-order valence-electron chi connectivity index (χ1n) is 12.1. The fraction of sp³-hybridized carbons (Fsp3) is 0.296. The maximum Gasteiger partial charge on any atom is 0.405 e. The lowest BCUT2D eigenvalue weighted by Crippen LogP contribution is -2.35. The highest BCUT2D eigenvalue weighted by atomic mass is 79.9. The molecule has 0 unspecified atom stereocenters. The van der Waals surface area contributed by atoms with Crippen molar-refractivity contribution in [3.05, 3.63) is 91.1 Å². The number of aryl methyl sites for hydroxylation is 2. The Hall–Kier alpha value is -3.87. The van der Waals surface area contributed by atoms with E-state index >= 15 is 0 Å². The second-order valence-electron chi connectivity index (χ2n) is 8.82. The first-order chi connectivity index (χ1) is 18.8. The summed E-state index contributed by atoms with van der Waals surface area (Å²) in [6.07, 6.45) is -4.56. The van der Waals surface area contributed by atoms with Gasteiger partial charge >= 0.3 is 12.2 Å². The average Bonchev–Trinajstić information content (AvgIpc) is 2.89. The number of hydrogen-bond acceptors (Lipinski definition) is 4. The van der Waals surface area contributed by atoms with Crippen molar-refractivity contribution < 1.29 is 31.9 Å². The Morgan fingerprint density at radius 1 is 1.00 bits per heavy atom. The van der Waals surface area contributed by atoms with Crippen molar-refractivity contribution in [1.82, 2.24) is 20.5 Å². The standard InChI is InChI=1S/C27H27BrF4N4O4/c1-4-33-26(39)34-12-19-10-20(29)8-7-18(19)13-40-22-9-16(3)36(25(38)23(22)28)21-11-17(6-5-15(21)2)24(37)35-14-27(30,31)32/h5-11H,4,12-14H2,1-3H3,(H,35,37)(H2,33,34,39).